The second-order valence-electron chi connectivity index (χ2n) is 10.6. The quantitative estimate of drug-likeness (QED) is 0.563. The molecule has 27 heavy (non-hydrogen) atoms. The summed E-state index contributed by atoms with van der Waals surface area (Å²) in [5.74, 6) is 3.55. The third kappa shape index (κ3) is 2.57. The number of carbonyl (C=O) groups is 2. The minimum absolute atomic E-state index is 0. The number of ketones is 2. The predicted octanol–water partition coefficient (Wildman–Crippen LogP) is 6.39. The summed E-state index contributed by atoms with van der Waals surface area (Å²) in [6.45, 7) is 11.7. The highest BCUT2D eigenvalue weighted by molar-refractivity contribution is 5.91. The summed E-state index contributed by atoms with van der Waals surface area (Å²) in [5.41, 5.74) is 1.68. The largest absolute Gasteiger partial charge is 0.299 e. The zero-order valence-corrected chi connectivity index (χ0v) is 17.4. The molecule has 0 aromatic heterocycles. The van der Waals surface area contributed by atoms with E-state index < -0.39 is 0 Å². The molecule has 4 aliphatic carbocycles. The normalized spacial score (nSPS) is 48.6. The maximum absolute atomic E-state index is 12.9. The monoisotopic (exact) mass is 372 g/mol. The lowest BCUT2D eigenvalue weighted by atomic mass is 9.42. The molecule has 3 fully saturated rings. The van der Waals surface area contributed by atoms with Crippen LogP contribution in [0.3, 0.4) is 0 Å². The topological polar surface area (TPSA) is 34.1 Å². The molecule has 0 amide bonds. The SMILES string of the molecule is C.CCC(=O)[C@@]1(C)CCC2[C@@H]3CCC4=CC(=O)CCC4(C)C3[C@@H](C)CC21C. The summed E-state index contributed by atoms with van der Waals surface area (Å²) in [6, 6.07) is 0. The number of hydrogen-bond acceptors (Lipinski definition) is 2. The van der Waals surface area contributed by atoms with Gasteiger partial charge in [0.05, 0.1) is 0 Å². The molecule has 2 heteroatoms. The van der Waals surface area contributed by atoms with Gasteiger partial charge >= 0.3 is 0 Å². The van der Waals surface area contributed by atoms with Crippen LogP contribution in [0.1, 0.15) is 93.4 Å². The van der Waals surface area contributed by atoms with Gasteiger partial charge in [-0.25, -0.2) is 0 Å². The number of carbonyl (C=O) groups excluding carboxylic acids is 2. The van der Waals surface area contributed by atoms with Crippen LogP contribution in [0, 0.1) is 39.9 Å². The average molecular weight is 373 g/mol. The molecule has 0 heterocycles. The second-order valence-corrected chi connectivity index (χ2v) is 10.6. The minimum atomic E-state index is -0.134. The Kier molecular flexibility index (Phi) is 5.06. The predicted molar refractivity (Wildman–Crippen MR) is 111 cm³/mol. The molecule has 4 aliphatic rings. The molecule has 4 unspecified atom stereocenters. The van der Waals surface area contributed by atoms with E-state index in [-0.39, 0.29) is 23.7 Å². The van der Waals surface area contributed by atoms with Gasteiger partial charge in [0, 0.05) is 18.3 Å². The summed E-state index contributed by atoms with van der Waals surface area (Å²) >= 11 is 0. The molecular formula is C25H40O2. The molecule has 152 valence electrons. The highest BCUT2D eigenvalue weighted by Gasteiger charge is 2.65. The Balaban J connectivity index is 0.00000210. The van der Waals surface area contributed by atoms with E-state index in [9.17, 15) is 9.59 Å². The second kappa shape index (κ2) is 6.56. The van der Waals surface area contributed by atoms with Crippen molar-refractivity contribution in [2.24, 2.45) is 39.9 Å². The summed E-state index contributed by atoms with van der Waals surface area (Å²) in [7, 11) is 0. The molecule has 2 nitrogen and oxygen atoms in total. The number of Topliss-reactive ketones (excluding diaryl/α,β-unsaturated/α-hetero) is 1. The molecule has 0 aliphatic heterocycles. The van der Waals surface area contributed by atoms with Crippen LogP contribution >= 0.6 is 0 Å². The van der Waals surface area contributed by atoms with Gasteiger partial charge in [0.25, 0.3) is 0 Å². The first-order valence-electron chi connectivity index (χ1n) is 10.9. The first-order valence-corrected chi connectivity index (χ1v) is 10.9. The van der Waals surface area contributed by atoms with Crippen LogP contribution in [0.25, 0.3) is 0 Å². The van der Waals surface area contributed by atoms with Crippen LogP contribution < -0.4 is 0 Å². The van der Waals surface area contributed by atoms with Crippen molar-refractivity contribution in [3.8, 4) is 0 Å². The molecule has 4 rings (SSSR count). The van der Waals surface area contributed by atoms with Gasteiger partial charge in [0.1, 0.15) is 5.78 Å². The Morgan fingerprint density at radius 1 is 1.15 bits per heavy atom. The van der Waals surface area contributed by atoms with Gasteiger partial charge in [-0.15, -0.1) is 0 Å². The standard InChI is InChI=1S/C24H36O2.CH4/c1-6-20(26)23(4)12-10-19-18-8-7-16-13-17(25)9-11-22(16,3)21(18)15(2)14-24(19,23)5;/h13,15,18-19,21H,6-12,14H2,1-5H3;1H4/t15-,18-,19?,21?,22?,23+,24?;/m0./s1. The van der Waals surface area contributed by atoms with Crippen molar-refractivity contribution in [2.45, 2.75) is 93.4 Å². The van der Waals surface area contributed by atoms with Crippen LogP contribution in [-0.4, -0.2) is 11.6 Å². The molecule has 0 spiro atoms. The fraction of sp³-hybridized carbons (Fsp3) is 0.840. The van der Waals surface area contributed by atoms with E-state index in [1.54, 1.807) is 0 Å². The molecule has 3 saturated carbocycles. The van der Waals surface area contributed by atoms with E-state index in [4.69, 9.17) is 0 Å². The lowest BCUT2D eigenvalue weighted by molar-refractivity contribution is -0.146. The van der Waals surface area contributed by atoms with Crippen molar-refractivity contribution in [3.63, 3.8) is 0 Å². The van der Waals surface area contributed by atoms with E-state index in [1.807, 2.05) is 13.0 Å². The van der Waals surface area contributed by atoms with Crippen molar-refractivity contribution in [2.75, 3.05) is 0 Å². The molecular weight excluding hydrogens is 332 g/mol. The number of rotatable bonds is 2. The van der Waals surface area contributed by atoms with Gasteiger partial charge in [-0.1, -0.05) is 47.6 Å². The first-order chi connectivity index (χ1) is 12.2. The minimum Gasteiger partial charge on any atom is -0.299 e. The van der Waals surface area contributed by atoms with Gasteiger partial charge in [-0.05, 0) is 79.1 Å². The summed E-state index contributed by atoms with van der Waals surface area (Å²) in [6.07, 6.45) is 10.2. The first kappa shape index (κ1) is 20.8. The maximum Gasteiger partial charge on any atom is 0.155 e. The van der Waals surface area contributed by atoms with Crippen molar-refractivity contribution >= 4 is 11.6 Å². The lowest BCUT2D eigenvalue weighted by Gasteiger charge is -2.61. The molecule has 0 aromatic rings. The van der Waals surface area contributed by atoms with Crippen LogP contribution in [0.5, 0.6) is 0 Å². The molecule has 0 bridgehead atoms. The van der Waals surface area contributed by atoms with Gasteiger partial charge < -0.3 is 0 Å². The number of allylic oxidation sites excluding steroid dienone is 1. The van der Waals surface area contributed by atoms with Crippen molar-refractivity contribution in [3.05, 3.63) is 11.6 Å². The van der Waals surface area contributed by atoms with Crippen LogP contribution in [-0.2, 0) is 9.59 Å². The van der Waals surface area contributed by atoms with E-state index >= 15 is 0 Å². The smallest absolute Gasteiger partial charge is 0.155 e. The van der Waals surface area contributed by atoms with Crippen molar-refractivity contribution in [1.29, 1.82) is 0 Å². The van der Waals surface area contributed by atoms with Gasteiger partial charge in [0.2, 0.25) is 0 Å². The molecule has 0 saturated heterocycles. The van der Waals surface area contributed by atoms with Gasteiger partial charge in [-0.2, -0.15) is 0 Å². The molecule has 0 radical (unpaired) electrons. The molecule has 0 aromatic carbocycles. The third-order valence-electron chi connectivity index (χ3n) is 9.75. The van der Waals surface area contributed by atoms with E-state index in [0.29, 0.717) is 35.7 Å². The highest BCUT2D eigenvalue weighted by atomic mass is 16.1. The Labute approximate surface area is 166 Å². The highest BCUT2D eigenvalue weighted by Crippen LogP contribution is 2.71. The third-order valence-corrected chi connectivity index (χ3v) is 9.75. The Hall–Kier alpha value is -0.920. The Bertz CT molecular complexity index is 676. The van der Waals surface area contributed by atoms with E-state index in [1.165, 1.54) is 24.8 Å². The Morgan fingerprint density at radius 2 is 1.85 bits per heavy atom. The fourth-order valence-corrected chi connectivity index (χ4v) is 8.35. The van der Waals surface area contributed by atoms with E-state index in [2.05, 4.69) is 27.7 Å². The van der Waals surface area contributed by atoms with Crippen LogP contribution in [0.15, 0.2) is 11.6 Å². The lowest BCUT2D eigenvalue weighted by Crippen LogP contribution is -2.56. The van der Waals surface area contributed by atoms with Gasteiger partial charge in [-0.3, -0.25) is 9.59 Å². The number of fused-ring (bicyclic) bond motifs is 5. The summed E-state index contributed by atoms with van der Waals surface area (Å²) < 4.78 is 0. The van der Waals surface area contributed by atoms with Gasteiger partial charge in [0.15, 0.2) is 5.78 Å². The number of hydrogen-bond donors (Lipinski definition) is 0. The Morgan fingerprint density at radius 3 is 2.52 bits per heavy atom. The summed E-state index contributed by atoms with van der Waals surface area (Å²) in [4.78, 5) is 25.0. The fourth-order valence-electron chi connectivity index (χ4n) is 8.35. The molecule has 7 atom stereocenters. The van der Waals surface area contributed by atoms with Crippen LogP contribution in [0.2, 0.25) is 0 Å². The zero-order valence-electron chi connectivity index (χ0n) is 17.4. The van der Waals surface area contributed by atoms with Crippen molar-refractivity contribution in [1.82, 2.24) is 0 Å². The van der Waals surface area contributed by atoms with E-state index in [0.717, 1.165) is 31.6 Å². The van der Waals surface area contributed by atoms with Crippen LogP contribution in [0.4, 0.5) is 0 Å². The maximum atomic E-state index is 12.9. The zero-order chi connectivity index (χ0) is 18.9. The summed E-state index contributed by atoms with van der Waals surface area (Å²) in [5, 5.41) is 0. The molecule has 0 N–H and O–H groups in total. The average Bonchev–Trinajstić information content (AvgIpc) is 2.86. The van der Waals surface area contributed by atoms with Crippen molar-refractivity contribution < 1.29 is 9.59 Å².